The van der Waals surface area contributed by atoms with Gasteiger partial charge in [0, 0.05) is 33.1 Å². The zero-order valence-corrected chi connectivity index (χ0v) is 37.2. The molecule has 0 bridgehead atoms. The molecule has 318 valence electrons. The molecule has 1 aromatic heterocycles. The summed E-state index contributed by atoms with van der Waals surface area (Å²) in [5, 5.41) is 9.55. The lowest BCUT2D eigenvalue weighted by Gasteiger charge is -2.28. The number of furan rings is 1. The largest absolute Gasteiger partial charge is 0.455 e. The standard InChI is InChI=1S/C66H43NO/c1-3-15-45(16-4-1)55-38-32-49(41-61(55)46-17-5-2-6-18-46)44-27-34-52(35-28-44)67(53-36-29-48(30-37-53)62-42-50-20-8-9-21-54(50)58-24-11-12-25-59(58)62)64-26-14-13-22-56(64)51-33-40-65-63(43-51)60-39-31-47-19-7-10-23-57(47)66(60)68-65/h1-43H. The van der Waals surface area contributed by atoms with E-state index in [0.29, 0.717) is 0 Å². The number of hydrogen-bond donors (Lipinski definition) is 0. The normalized spacial score (nSPS) is 11.5. The maximum absolute atomic E-state index is 6.57. The molecule has 1 heterocycles. The van der Waals surface area contributed by atoms with Gasteiger partial charge in [0.25, 0.3) is 0 Å². The Morgan fingerprint density at radius 2 is 0.809 bits per heavy atom. The fourth-order valence-corrected chi connectivity index (χ4v) is 10.3. The molecule has 0 spiro atoms. The van der Waals surface area contributed by atoms with E-state index >= 15 is 0 Å². The van der Waals surface area contributed by atoms with Crippen molar-refractivity contribution in [3.63, 3.8) is 0 Å². The summed E-state index contributed by atoms with van der Waals surface area (Å²) in [6.45, 7) is 0. The van der Waals surface area contributed by atoms with Crippen LogP contribution in [-0.4, -0.2) is 0 Å². The van der Waals surface area contributed by atoms with E-state index in [1.807, 2.05) is 0 Å². The highest BCUT2D eigenvalue weighted by atomic mass is 16.3. The molecule has 12 aromatic carbocycles. The van der Waals surface area contributed by atoms with Crippen molar-refractivity contribution in [3.05, 3.63) is 261 Å². The van der Waals surface area contributed by atoms with Crippen LogP contribution in [0.4, 0.5) is 17.1 Å². The number of rotatable bonds is 8. The summed E-state index contributed by atoms with van der Waals surface area (Å²) in [7, 11) is 0. The topological polar surface area (TPSA) is 16.4 Å². The van der Waals surface area contributed by atoms with Crippen LogP contribution < -0.4 is 4.90 Å². The number of benzene rings is 12. The predicted molar refractivity (Wildman–Crippen MR) is 288 cm³/mol. The Morgan fingerprint density at radius 1 is 0.250 bits per heavy atom. The van der Waals surface area contributed by atoms with Crippen molar-refractivity contribution >= 4 is 71.3 Å². The first-order valence-electron chi connectivity index (χ1n) is 23.3. The van der Waals surface area contributed by atoms with Crippen LogP contribution in [-0.2, 0) is 0 Å². The van der Waals surface area contributed by atoms with Gasteiger partial charge in [-0.3, -0.25) is 0 Å². The molecular weight excluding hydrogens is 823 g/mol. The zero-order chi connectivity index (χ0) is 45.0. The highest BCUT2D eigenvalue weighted by molar-refractivity contribution is 6.16. The second-order valence-corrected chi connectivity index (χ2v) is 17.6. The lowest BCUT2D eigenvalue weighted by Crippen LogP contribution is -2.11. The number of fused-ring (bicyclic) bond motifs is 8. The van der Waals surface area contributed by atoms with Gasteiger partial charge >= 0.3 is 0 Å². The van der Waals surface area contributed by atoms with Gasteiger partial charge in [-0.05, 0) is 138 Å². The van der Waals surface area contributed by atoms with E-state index in [1.165, 1.54) is 65.9 Å². The third-order valence-electron chi connectivity index (χ3n) is 13.7. The van der Waals surface area contributed by atoms with E-state index in [-0.39, 0.29) is 0 Å². The first-order chi connectivity index (χ1) is 33.7. The molecule has 0 aliphatic heterocycles. The molecule has 2 heteroatoms. The molecule has 0 amide bonds. The molecule has 0 aliphatic rings. The zero-order valence-electron chi connectivity index (χ0n) is 37.2. The van der Waals surface area contributed by atoms with Gasteiger partial charge in [0.05, 0.1) is 5.69 Å². The molecule has 0 aliphatic carbocycles. The summed E-state index contributed by atoms with van der Waals surface area (Å²) in [5.74, 6) is 0. The molecule has 0 unspecified atom stereocenters. The van der Waals surface area contributed by atoms with Gasteiger partial charge in [0.15, 0.2) is 0 Å². The van der Waals surface area contributed by atoms with Crippen LogP contribution in [0.15, 0.2) is 265 Å². The van der Waals surface area contributed by atoms with Gasteiger partial charge in [0.1, 0.15) is 11.2 Å². The van der Waals surface area contributed by atoms with Crippen LogP contribution in [0.25, 0.3) is 110 Å². The van der Waals surface area contributed by atoms with E-state index in [4.69, 9.17) is 4.42 Å². The third-order valence-corrected chi connectivity index (χ3v) is 13.7. The molecule has 0 N–H and O–H groups in total. The molecule has 0 saturated carbocycles. The van der Waals surface area contributed by atoms with Crippen LogP contribution in [0.3, 0.4) is 0 Å². The minimum absolute atomic E-state index is 0.883. The van der Waals surface area contributed by atoms with Crippen molar-refractivity contribution in [3.8, 4) is 55.6 Å². The van der Waals surface area contributed by atoms with Gasteiger partial charge < -0.3 is 9.32 Å². The summed E-state index contributed by atoms with van der Waals surface area (Å²) in [6, 6.07) is 94.5. The number of para-hydroxylation sites is 1. The Bertz CT molecular complexity index is 4000. The van der Waals surface area contributed by atoms with E-state index in [1.54, 1.807) is 0 Å². The second-order valence-electron chi connectivity index (χ2n) is 17.6. The van der Waals surface area contributed by atoms with Crippen molar-refractivity contribution in [2.24, 2.45) is 0 Å². The molecule has 13 rings (SSSR count). The maximum Gasteiger partial charge on any atom is 0.143 e. The van der Waals surface area contributed by atoms with E-state index in [9.17, 15) is 0 Å². The lowest BCUT2D eigenvalue weighted by atomic mass is 9.91. The summed E-state index contributed by atoms with van der Waals surface area (Å²) in [6.07, 6.45) is 0. The predicted octanol–water partition coefficient (Wildman–Crippen LogP) is 18.9. The van der Waals surface area contributed by atoms with Crippen LogP contribution in [0, 0.1) is 0 Å². The number of anilines is 3. The van der Waals surface area contributed by atoms with Crippen LogP contribution in [0.5, 0.6) is 0 Å². The van der Waals surface area contributed by atoms with Crippen molar-refractivity contribution in [2.75, 3.05) is 4.90 Å². The average molecular weight is 866 g/mol. The third kappa shape index (κ3) is 6.82. The molecule has 2 nitrogen and oxygen atoms in total. The molecule has 0 atom stereocenters. The minimum Gasteiger partial charge on any atom is -0.455 e. The molecule has 68 heavy (non-hydrogen) atoms. The SMILES string of the molecule is c1ccc(-c2ccc(-c3ccc(N(c4ccc(-c5cc6ccccc6c6ccccc56)cc4)c4ccccc4-c4ccc5oc6c7ccccc7ccc6c5c4)cc3)cc2-c2ccccc2)cc1. The van der Waals surface area contributed by atoms with Gasteiger partial charge in [-0.25, -0.2) is 0 Å². The summed E-state index contributed by atoms with van der Waals surface area (Å²) in [5.41, 5.74) is 16.8. The fraction of sp³-hybridized carbons (Fsp3) is 0. The van der Waals surface area contributed by atoms with Crippen LogP contribution in [0.1, 0.15) is 0 Å². The Hall–Kier alpha value is -8.98. The van der Waals surface area contributed by atoms with Crippen molar-refractivity contribution < 1.29 is 4.42 Å². The van der Waals surface area contributed by atoms with Gasteiger partial charge in [0.2, 0.25) is 0 Å². The first kappa shape index (κ1) is 39.4. The highest BCUT2D eigenvalue weighted by Crippen LogP contribution is 2.45. The minimum atomic E-state index is 0.883. The summed E-state index contributed by atoms with van der Waals surface area (Å²) < 4.78 is 6.57. The van der Waals surface area contributed by atoms with Crippen LogP contribution >= 0.6 is 0 Å². The molecule has 0 saturated heterocycles. The van der Waals surface area contributed by atoms with Gasteiger partial charge in [-0.15, -0.1) is 0 Å². The molecular formula is C66H43NO. The summed E-state index contributed by atoms with van der Waals surface area (Å²) in [4.78, 5) is 2.40. The van der Waals surface area contributed by atoms with Gasteiger partial charge in [-0.1, -0.05) is 200 Å². The first-order valence-corrected chi connectivity index (χ1v) is 23.3. The molecule has 0 radical (unpaired) electrons. The fourth-order valence-electron chi connectivity index (χ4n) is 10.3. The Labute approximate surface area is 395 Å². The maximum atomic E-state index is 6.57. The average Bonchev–Trinajstić information content (AvgIpc) is 3.80. The second kappa shape index (κ2) is 16.5. The Morgan fingerprint density at radius 3 is 1.56 bits per heavy atom. The highest BCUT2D eigenvalue weighted by Gasteiger charge is 2.20. The van der Waals surface area contributed by atoms with Gasteiger partial charge in [-0.2, -0.15) is 0 Å². The smallest absolute Gasteiger partial charge is 0.143 e. The number of nitrogens with zero attached hydrogens (tertiary/aromatic N) is 1. The van der Waals surface area contributed by atoms with Crippen molar-refractivity contribution in [1.82, 2.24) is 0 Å². The monoisotopic (exact) mass is 865 g/mol. The van der Waals surface area contributed by atoms with Crippen molar-refractivity contribution in [1.29, 1.82) is 0 Å². The van der Waals surface area contributed by atoms with E-state index in [0.717, 1.165) is 61.1 Å². The Kier molecular flexibility index (Phi) is 9.54. The van der Waals surface area contributed by atoms with E-state index in [2.05, 4.69) is 266 Å². The van der Waals surface area contributed by atoms with E-state index < -0.39 is 0 Å². The van der Waals surface area contributed by atoms with Crippen LogP contribution in [0.2, 0.25) is 0 Å². The quantitative estimate of drug-likeness (QED) is 0.142. The summed E-state index contributed by atoms with van der Waals surface area (Å²) >= 11 is 0. The lowest BCUT2D eigenvalue weighted by molar-refractivity contribution is 0.672. The molecule has 13 aromatic rings. The molecule has 0 fully saturated rings. The van der Waals surface area contributed by atoms with Crippen molar-refractivity contribution in [2.45, 2.75) is 0 Å². The number of hydrogen-bond acceptors (Lipinski definition) is 2. The Balaban J connectivity index is 0.947.